The molecule has 2 rings (SSSR count). The monoisotopic (exact) mass is 272 g/mol. The third-order valence-corrected chi connectivity index (χ3v) is 4.36. The number of aromatic carboxylic acids is 1. The van der Waals surface area contributed by atoms with Crippen molar-refractivity contribution >= 4 is 33.7 Å². The van der Waals surface area contributed by atoms with Gasteiger partial charge in [0.15, 0.2) is 0 Å². The normalized spacial score (nSPS) is 14.9. The second-order valence-corrected chi connectivity index (χ2v) is 5.16. The number of aryl methyl sites for hydroxylation is 1. The van der Waals surface area contributed by atoms with Crippen LogP contribution in [-0.4, -0.2) is 16.8 Å². The molecule has 0 bridgehead atoms. The Labute approximate surface area is 94.8 Å². The molecule has 1 aliphatic heterocycles. The minimum Gasteiger partial charge on any atom is -0.478 e. The number of hydrogen-bond donors (Lipinski definition) is 1. The smallest absolute Gasteiger partial charge is 0.335 e. The lowest BCUT2D eigenvalue weighted by Gasteiger charge is -2.17. The van der Waals surface area contributed by atoms with Crippen molar-refractivity contribution in [2.75, 3.05) is 5.75 Å². The highest BCUT2D eigenvalue weighted by atomic mass is 79.9. The molecule has 0 aliphatic carbocycles. The number of rotatable bonds is 1. The Bertz CT molecular complexity index is 390. The summed E-state index contributed by atoms with van der Waals surface area (Å²) in [5, 5.41) is 8.88. The van der Waals surface area contributed by atoms with E-state index in [1.807, 2.05) is 0 Å². The molecule has 74 valence electrons. The van der Waals surface area contributed by atoms with Gasteiger partial charge in [-0.05, 0) is 52.2 Å². The molecule has 0 saturated heterocycles. The molecule has 1 aromatic carbocycles. The van der Waals surface area contributed by atoms with E-state index in [0.29, 0.717) is 5.56 Å². The highest BCUT2D eigenvalue weighted by Gasteiger charge is 2.16. The average Bonchev–Trinajstić information content (AvgIpc) is 2.17. The molecular formula is C10H9BrO2S. The first-order valence-corrected chi connectivity index (χ1v) is 6.15. The minimum atomic E-state index is -0.857. The van der Waals surface area contributed by atoms with E-state index in [1.165, 1.54) is 4.90 Å². The van der Waals surface area contributed by atoms with Gasteiger partial charge < -0.3 is 5.11 Å². The van der Waals surface area contributed by atoms with Crippen molar-refractivity contribution in [1.29, 1.82) is 0 Å². The Morgan fingerprint density at radius 1 is 1.50 bits per heavy atom. The third kappa shape index (κ3) is 1.81. The molecule has 1 N–H and O–H groups in total. The van der Waals surface area contributed by atoms with Crippen LogP contribution in [0.2, 0.25) is 0 Å². The van der Waals surface area contributed by atoms with Crippen LogP contribution in [0.4, 0.5) is 0 Å². The van der Waals surface area contributed by atoms with Crippen molar-refractivity contribution in [1.82, 2.24) is 0 Å². The van der Waals surface area contributed by atoms with Gasteiger partial charge in [0.2, 0.25) is 0 Å². The van der Waals surface area contributed by atoms with Gasteiger partial charge in [0.25, 0.3) is 0 Å². The Morgan fingerprint density at radius 2 is 2.29 bits per heavy atom. The van der Waals surface area contributed by atoms with Crippen LogP contribution in [-0.2, 0) is 6.42 Å². The zero-order valence-corrected chi connectivity index (χ0v) is 9.82. The summed E-state index contributed by atoms with van der Waals surface area (Å²) < 4.78 is 0.914. The van der Waals surface area contributed by atoms with Gasteiger partial charge in [-0.15, -0.1) is 11.8 Å². The van der Waals surface area contributed by atoms with E-state index in [-0.39, 0.29) is 0 Å². The lowest BCUT2D eigenvalue weighted by Crippen LogP contribution is -2.03. The van der Waals surface area contributed by atoms with Gasteiger partial charge in [0.1, 0.15) is 0 Å². The maximum absolute atomic E-state index is 10.8. The largest absolute Gasteiger partial charge is 0.478 e. The first-order valence-electron chi connectivity index (χ1n) is 4.37. The number of thioether (sulfide) groups is 1. The molecule has 0 saturated carbocycles. The molecule has 0 unspecified atom stereocenters. The standard InChI is InChI=1S/C10H9BrO2S/c11-8-5-7(10(12)13)4-6-2-1-3-14-9(6)8/h4-5H,1-3H2,(H,12,13). The van der Waals surface area contributed by atoms with Gasteiger partial charge in [-0.3, -0.25) is 0 Å². The quantitative estimate of drug-likeness (QED) is 0.853. The van der Waals surface area contributed by atoms with Crippen LogP contribution in [0.5, 0.6) is 0 Å². The summed E-state index contributed by atoms with van der Waals surface area (Å²) >= 11 is 5.21. The first kappa shape index (κ1) is 10.1. The van der Waals surface area contributed by atoms with Crippen molar-refractivity contribution < 1.29 is 9.90 Å². The van der Waals surface area contributed by atoms with Gasteiger partial charge in [-0.1, -0.05) is 0 Å². The van der Waals surface area contributed by atoms with E-state index in [9.17, 15) is 4.79 Å². The molecule has 4 heteroatoms. The number of benzene rings is 1. The molecule has 0 amide bonds. The summed E-state index contributed by atoms with van der Waals surface area (Å²) in [7, 11) is 0. The van der Waals surface area contributed by atoms with Crippen LogP contribution >= 0.6 is 27.7 Å². The van der Waals surface area contributed by atoms with E-state index in [2.05, 4.69) is 15.9 Å². The fraction of sp³-hybridized carbons (Fsp3) is 0.300. The van der Waals surface area contributed by atoms with Gasteiger partial charge in [0, 0.05) is 9.37 Å². The fourth-order valence-electron chi connectivity index (χ4n) is 1.56. The van der Waals surface area contributed by atoms with E-state index >= 15 is 0 Å². The van der Waals surface area contributed by atoms with Gasteiger partial charge in [-0.25, -0.2) is 4.79 Å². The molecule has 1 heterocycles. The van der Waals surface area contributed by atoms with E-state index in [0.717, 1.165) is 28.6 Å². The van der Waals surface area contributed by atoms with Crippen LogP contribution in [0.15, 0.2) is 21.5 Å². The Balaban J connectivity index is 2.51. The number of carbonyl (C=O) groups is 1. The van der Waals surface area contributed by atoms with Crippen LogP contribution in [0, 0.1) is 0 Å². The van der Waals surface area contributed by atoms with Crippen molar-refractivity contribution in [3.8, 4) is 0 Å². The number of carboxylic acids is 1. The van der Waals surface area contributed by atoms with Crippen molar-refractivity contribution in [3.63, 3.8) is 0 Å². The highest BCUT2D eigenvalue weighted by Crippen LogP contribution is 2.36. The number of hydrogen-bond acceptors (Lipinski definition) is 2. The second kappa shape index (κ2) is 3.95. The lowest BCUT2D eigenvalue weighted by molar-refractivity contribution is 0.0696. The zero-order valence-electron chi connectivity index (χ0n) is 7.42. The van der Waals surface area contributed by atoms with Crippen molar-refractivity contribution in [2.45, 2.75) is 17.7 Å². The van der Waals surface area contributed by atoms with Gasteiger partial charge >= 0.3 is 5.97 Å². The molecule has 0 radical (unpaired) electrons. The molecule has 0 fully saturated rings. The predicted octanol–water partition coefficient (Wildman–Crippen LogP) is 3.19. The van der Waals surface area contributed by atoms with Crippen LogP contribution in [0.25, 0.3) is 0 Å². The van der Waals surface area contributed by atoms with Crippen LogP contribution in [0.1, 0.15) is 22.3 Å². The Kier molecular flexibility index (Phi) is 2.83. The molecule has 1 aliphatic rings. The summed E-state index contributed by atoms with van der Waals surface area (Å²) in [6.45, 7) is 0. The topological polar surface area (TPSA) is 37.3 Å². The van der Waals surface area contributed by atoms with E-state index in [4.69, 9.17) is 5.11 Å². The molecule has 0 atom stereocenters. The van der Waals surface area contributed by atoms with E-state index in [1.54, 1.807) is 23.9 Å². The summed E-state index contributed by atoms with van der Waals surface area (Å²) in [5.74, 6) is 0.266. The van der Waals surface area contributed by atoms with Gasteiger partial charge in [-0.2, -0.15) is 0 Å². The second-order valence-electron chi connectivity index (χ2n) is 3.20. The average molecular weight is 273 g/mol. The molecule has 0 spiro atoms. The molecule has 1 aromatic rings. The summed E-state index contributed by atoms with van der Waals surface area (Å²) in [5.41, 5.74) is 1.53. The molecule has 14 heavy (non-hydrogen) atoms. The summed E-state index contributed by atoms with van der Waals surface area (Å²) in [6.07, 6.45) is 2.12. The lowest BCUT2D eigenvalue weighted by atomic mass is 10.1. The zero-order chi connectivity index (χ0) is 10.1. The maximum Gasteiger partial charge on any atom is 0.335 e. The fourth-order valence-corrected chi connectivity index (χ4v) is 3.44. The third-order valence-electron chi connectivity index (χ3n) is 2.20. The van der Waals surface area contributed by atoms with Crippen LogP contribution < -0.4 is 0 Å². The van der Waals surface area contributed by atoms with Crippen molar-refractivity contribution in [3.05, 3.63) is 27.7 Å². The maximum atomic E-state index is 10.8. The molecule has 0 aromatic heterocycles. The number of fused-ring (bicyclic) bond motifs is 1. The number of carboxylic acid groups (broad SMARTS) is 1. The number of halogens is 1. The summed E-state index contributed by atoms with van der Waals surface area (Å²) in [6, 6.07) is 3.47. The molecule has 2 nitrogen and oxygen atoms in total. The minimum absolute atomic E-state index is 0.373. The SMILES string of the molecule is O=C(O)c1cc(Br)c2c(c1)CCCS2. The highest BCUT2D eigenvalue weighted by molar-refractivity contribution is 9.10. The Hall–Kier alpha value is -0.480. The van der Waals surface area contributed by atoms with Crippen molar-refractivity contribution in [2.24, 2.45) is 0 Å². The van der Waals surface area contributed by atoms with Crippen LogP contribution in [0.3, 0.4) is 0 Å². The van der Waals surface area contributed by atoms with E-state index < -0.39 is 5.97 Å². The first-order chi connectivity index (χ1) is 6.68. The Morgan fingerprint density at radius 3 is 3.00 bits per heavy atom. The predicted molar refractivity (Wildman–Crippen MR) is 60.1 cm³/mol. The molecular weight excluding hydrogens is 264 g/mol. The van der Waals surface area contributed by atoms with Gasteiger partial charge in [0.05, 0.1) is 5.56 Å². The summed E-state index contributed by atoms with van der Waals surface area (Å²) in [4.78, 5) is 12.0.